The molecule has 7 nitrogen and oxygen atoms in total. The summed E-state index contributed by atoms with van der Waals surface area (Å²) in [6.45, 7) is 4.99. The third-order valence-corrected chi connectivity index (χ3v) is 5.19. The average Bonchev–Trinajstić information content (AvgIpc) is 3.27. The summed E-state index contributed by atoms with van der Waals surface area (Å²) < 4.78 is 5.26. The van der Waals surface area contributed by atoms with E-state index in [0.717, 1.165) is 30.5 Å². The van der Waals surface area contributed by atoms with Gasteiger partial charge < -0.3 is 20.0 Å². The van der Waals surface area contributed by atoms with E-state index in [1.807, 2.05) is 24.3 Å². The van der Waals surface area contributed by atoms with Crippen LogP contribution in [0.3, 0.4) is 0 Å². The predicted molar refractivity (Wildman–Crippen MR) is 113 cm³/mol. The normalized spacial score (nSPS) is 14.6. The molecule has 0 bridgehead atoms. The van der Waals surface area contributed by atoms with Crippen LogP contribution in [0.15, 0.2) is 59.2 Å². The maximum absolute atomic E-state index is 12.4. The number of carbonyl (C=O) groups is 1. The van der Waals surface area contributed by atoms with E-state index in [2.05, 4.69) is 44.8 Å². The lowest BCUT2D eigenvalue weighted by Crippen LogP contribution is -2.32. The van der Waals surface area contributed by atoms with Crippen LogP contribution in [0.25, 0.3) is 0 Å². The zero-order chi connectivity index (χ0) is 20.1. The van der Waals surface area contributed by atoms with E-state index in [-0.39, 0.29) is 11.6 Å². The van der Waals surface area contributed by atoms with Crippen molar-refractivity contribution in [1.29, 1.82) is 0 Å². The lowest BCUT2D eigenvalue weighted by atomic mass is 9.99. The molecule has 0 radical (unpaired) electrons. The molecule has 1 amide bonds. The number of anilines is 3. The van der Waals surface area contributed by atoms with Crippen LogP contribution in [0.1, 0.15) is 36.0 Å². The summed E-state index contributed by atoms with van der Waals surface area (Å²) in [5, 5.41) is 14.0. The number of hydrogen-bond donors (Lipinski definition) is 2. The number of benzene rings is 1. The van der Waals surface area contributed by atoms with E-state index in [9.17, 15) is 4.79 Å². The van der Waals surface area contributed by atoms with Gasteiger partial charge in [-0.2, -0.15) is 0 Å². The van der Waals surface area contributed by atoms with E-state index >= 15 is 0 Å². The first kappa shape index (κ1) is 19.0. The number of rotatable bonds is 6. The van der Waals surface area contributed by atoms with Crippen LogP contribution in [0.2, 0.25) is 0 Å². The lowest BCUT2D eigenvalue weighted by molar-refractivity contribution is 0.102. The number of carbonyl (C=O) groups excluding carboxylic acids is 1. The highest BCUT2D eigenvalue weighted by Crippen LogP contribution is 2.24. The van der Waals surface area contributed by atoms with Crippen molar-refractivity contribution in [2.45, 2.75) is 26.3 Å². The molecule has 1 saturated heterocycles. The Morgan fingerprint density at radius 1 is 1.10 bits per heavy atom. The van der Waals surface area contributed by atoms with Gasteiger partial charge in [-0.15, -0.1) is 10.2 Å². The van der Waals surface area contributed by atoms with Crippen molar-refractivity contribution in [2.75, 3.05) is 28.6 Å². The molecule has 3 heterocycles. The Labute approximate surface area is 170 Å². The minimum absolute atomic E-state index is 0.266. The maximum atomic E-state index is 12.4. The highest BCUT2D eigenvalue weighted by atomic mass is 16.3. The second-order valence-electron chi connectivity index (χ2n) is 7.41. The SMILES string of the molecule is CC1CCN(c2ccc(NC(=O)c3ccc(NCc4ccco4)nn3)cc2)CC1. The molecule has 4 rings (SSSR count). The molecule has 2 aromatic heterocycles. The fourth-order valence-electron chi connectivity index (χ4n) is 3.36. The Hall–Kier alpha value is -3.35. The molecule has 0 unspecified atom stereocenters. The van der Waals surface area contributed by atoms with Crippen LogP contribution in [0.5, 0.6) is 0 Å². The Bertz CT molecular complexity index is 915. The van der Waals surface area contributed by atoms with Crippen molar-refractivity contribution in [3.63, 3.8) is 0 Å². The quantitative estimate of drug-likeness (QED) is 0.656. The summed E-state index contributed by atoms with van der Waals surface area (Å²) in [4.78, 5) is 14.8. The van der Waals surface area contributed by atoms with Crippen LogP contribution >= 0.6 is 0 Å². The number of nitrogens with zero attached hydrogens (tertiary/aromatic N) is 3. The smallest absolute Gasteiger partial charge is 0.276 e. The van der Waals surface area contributed by atoms with Gasteiger partial charge in [-0.05, 0) is 67.3 Å². The summed E-state index contributed by atoms with van der Waals surface area (Å²) in [6, 6.07) is 15.0. The minimum atomic E-state index is -0.283. The molecule has 1 aliphatic rings. The summed E-state index contributed by atoms with van der Waals surface area (Å²) in [5.74, 6) is 1.90. The molecule has 0 atom stereocenters. The van der Waals surface area contributed by atoms with Gasteiger partial charge in [0.05, 0.1) is 12.8 Å². The Balaban J connectivity index is 1.31. The molecule has 3 aromatic rings. The molecule has 150 valence electrons. The van der Waals surface area contributed by atoms with Gasteiger partial charge in [0, 0.05) is 24.5 Å². The molecular formula is C22H25N5O2. The van der Waals surface area contributed by atoms with Crippen molar-refractivity contribution in [1.82, 2.24) is 10.2 Å². The Morgan fingerprint density at radius 2 is 1.90 bits per heavy atom. The predicted octanol–water partition coefficient (Wildman–Crippen LogP) is 4.17. The molecule has 1 fully saturated rings. The minimum Gasteiger partial charge on any atom is -0.467 e. The Kier molecular flexibility index (Phi) is 5.74. The second kappa shape index (κ2) is 8.77. The lowest BCUT2D eigenvalue weighted by Gasteiger charge is -2.32. The number of aromatic nitrogens is 2. The summed E-state index contributed by atoms with van der Waals surface area (Å²) in [7, 11) is 0. The molecule has 1 aliphatic heterocycles. The zero-order valence-electron chi connectivity index (χ0n) is 16.5. The molecule has 29 heavy (non-hydrogen) atoms. The van der Waals surface area contributed by atoms with Gasteiger partial charge in [-0.3, -0.25) is 4.79 Å². The van der Waals surface area contributed by atoms with Crippen LogP contribution in [-0.2, 0) is 6.54 Å². The van der Waals surface area contributed by atoms with E-state index in [1.165, 1.54) is 18.5 Å². The van der Waals surface area contributed by atoms with E-state index in [1.54, 1.807) is 18.4 Å². The van der Waals surface area contributed by atoms with E-state index in [4.69, 9.17) is 4.42 Å². The molecular weight excluding hydrogens is 366 g/mol. The van der Waals surface area contributed by atoms with Crippen molar-refractivity contribution in [3.8, 4) is 0 Å². The topological polar surface area (TPSA) is 83.3 Å². The van der Waals surface area contributed by atoms with Crippen LogP contribution in [0, 0.1) is 5.92 Å². The number of piperidine rings is 1. The van der Waals surface area contributed by atoms with Crippen molar-refractivity contribution in [3.05, 3.63) is 66.2 Å². The third-order valence-electron chi connectivity index (χ3n) is 5.19. The molecule has 7 heteroatoms. The summed E-state index contributed by atoms with van der Waals surface area (Å²) in [6.07, 6.45) is 4.07. The Morgan fingerprint density at radius 3 is 2.55 bits per heavy atom. The molecule has 2 N–H and O–H groups in total. The van der Waals surface area contributed by atoms with Gasteiger partial charge >= 0.3 is 0 Å². The first-order chi connectivity index (χ1) is 14.2. The number of furan rings is 1. The third kappa shape index (κ3) is 4.93. The monoisotopic (exact) mass is 391 g/mol. The molecule has 0 aliphatic carbocycles. The fraction of sp³-hybridized carbons (Fsp3) is 0.318. The standard InChI is InChI=1S/C22H25N5O2/c1-16-10-12-27(13-11-16)18-6-4-17(5-7-18)24-22(28)20-8-9-21(26-25-20)23-15-19-3-2-14-29-19/h2-9,14,16H,10-13,15H2,1H3,(H,23,26)(H,24,28). The highest BCUT2D eigenvalue weighted by molar-refractivity contribution is 6.02. The highest BCUT2D eigenvalue weighted by Gasteiger charge is 2.16. The molecule has 0 saturated carbocycles. The fourth-order valence-corrected chi connectivity index (χ4v) is 3.36. The van der Waals surface area contributed by atoms with Crippen molar-refractivity contribution in [2.24, 2.45) is 5.92 Å². The van der Waals surface area contributed by atoms with Gasteiger partial charge in [0.15, 0.2) is 5.69 Å². The van der Waals surface area contributed by atoms with Gasteiger partial charge in [0.1, 0.15) is 11.6 Å². The molecule has 1 aromatic carbocycles. The number of nitrogens with one attached hydrogen (secondary N) is 2. The zero-order valence-corrected chi connectivity index (χ0v) is 16.5. The van der Waals surface area contributed by atoms with E-state index < -0.39 is 0 Å². The van der Waals surface area contributed by atoms with Gasteiger partial charge in [-0.1, -0.05) is 6.92 Å². The first-order valence-electron chi connectivity index (χ1n) is 9.94. The van der Waals surface area contributed by atoms with Crippen LogP contribution in [-0.4, -0.2) is 29.2 Å². The summed E-state index contributed by atoms with van der Waals surface area (Å²) in [5.41, 5.74) is 2.20. The van der Waals surface area contributed by atoms with Gasteiger partial charge in [-0.25, -0.2) is 0 Å². The average molecular weight is 391 g/mol. The van der Waals surface area contributed by atoms with Crippen molar-refractivity contribution < 1.29 is 9.21 Å². The molecule has 0 spiro atoms. The number of amides is 1. The number of hydrogen-bond acceptors (Lipinski definition) is 6. The largest absolute Gasteiger partial charge is 0.467 e. The van der Waals surface area contributed by atoms with Gasteiger partial charge in [0.25, 0.3) is 5.91 Å². The first-order valence-corrected chi connectivity index (χ1v) is 9.94. The van der Waals surface area contributed by atoms with Crippen molar-refractivity contribution >= 4 is 23.1 Å². The van der Waals surface area contributed by atoms with Crippen LogP contribution < -0.4 is 15.5 Å². The van der Waals surface area contributed by atoms with E-state index in [0.29, 0.717) is 12.4 Å². The second-order valence-corrected chi connectivity index (χ2v) is 7.41. The summed E-state index contributed by atoms with van der Waals surface area (Å²) >= 11 is 0. The van der Waals surface area contributed by atoms with Crippen LogP contribution in [0.4, 0.5) is 17.2 Å². The van der Waals surface area contributed by atoms with Gasteiger partial charge in [0.2, 0.25) is 0 Å². The maximum Gasteiger partial charge on any atom is 0.276 e.